The first-order valence-corrected chi connectivity index (χ1v) is 6.73. The third-order valence-corrected chi connectivity index (χ3v) is 3.73. The van der Waals surface area contributed by atoms with Crippen LogP contribution in [-0.4, -0.2) is 19.1 Å². The Labute approximate surface area is 116 Å². The second-order valence-electron chi connectivity index (χ2n) is 4.88. The van der Waals surface area contributed by atoms with Gasteiger partial charge in [0.25, 0.3) is 0 Å². The summed E-state index contributed by atoms with van der Waals surface area (Å²) in [7, 11) is 0. The minimum absolute atomic E-state index is 0.275. The molecule has 0 bridgehead atoms. The highest BCUT2D eigenvalue weighted by Gasteiger charge is 2.12. The number of hydrogen-bond donors (Lipinski definition) is 1. The lowest BCUT2D eigenvalue weighted by Gasteiger charge is -2.15. The third-order valence-electron chi connectivity index (χ3n) is 3.44. The molecule has 0 saturated heterocycles. The van der Waals surface area contributed by atoms with Crippen molar-refractivity contribution >= 4 is 23.3 Å². The zero-order valence-electron chi connectivity index (χ0n) is 11.0. The molecule has 0 saturated carbocycles. The van der Waals surface area contributed by atoms with Gasteiger partial charge in [-0.15, -0.1) is 0 Å². The summed E-state index contributed by atoms with van der Waals surface area (Å²) in [5, 5.41) is 0. The molecule has 0 aliphatic carbocycles. The molecule has 3 rings (SSSR count). The number of nitrogens with one attached hydrogen (secondary N) is 1. The van der Waals surface area contributed by atoms with Gasteiger partial charge in [0.05, 0.1) is 23.4 Å². The molecule has 1 N–H and O–H groups in total. The number of aromatic nitrogens is 4. The van der Waals surface area contributed by atoms with Crippen molar-refractivity contribution in [3.05, 3.63) is 47.3 Å². The highest BCUT2D eigenvalue weighted by atomic mass is 32.1. The number of nitrogens with zero attached hydrogens (tertiary/aromatic N) is 3. The predicted octanol–water partition coefficient (Wildman–Crippen LogP) is 3.47. The van der Waals surface area contributed by atoms with Crippen molar-refractivity contribution in [3.8, 4) is 0 Å². The molecule has 4 nitrogen and oxygen atoms in total. The van der Waals surface area contributed by atoms with Crippen LogP contribution in [0.5, 0.6) is 0 Å². The van der Waals surface area contributed by atoms with Gasteiger partial charge in [-0.1, -0.05) is 12.1 Å². The number of benzene rings is 1. The molecule has 1 atom stereocenters. The van der Waals surface area contributed by atoms with Gasteiger partial charge < -0.3 is 14.1 Å². The number of fused-ring (bicyclic) bond motifs is 1. The maximum absolute atomic E-state index is 5.47. The standard InChI is InChI=1S/C14H16N4S/c1-10-4-3-5-12-13(10)16-14(19)18(12)11(2)8-17-7-6-15-9-17/h3-7,9,11H,8H2,1-2H3,(H,16,19). The zero-order chi connectivity index (χ0) is 13.4. The second-order valence-corrected chi connectivity index (χ2v) is 5.26. The molecule has 0 radical (unpaired) electrons. The summed E-state index contributed by atoms with van der Waals surface area (Å²) >= 11 is 5.47. The average Bonchev–Trinajstić information content (AvgIpc) is 2.96. The first-order valence-electron chi connectivity index (χ1n) is 6.32. The van der Waals surface area contributed by atoms with E-state index in [0.29, 0.717) is 0 Å². The van der Waals surface area contributed by atoms with E-state index in [9.17, 15) is 0 Å². The molecule has 0 fully saturated rings. The zero-order valence-corrected chi connectivity index (χ0v) is 11.8. The Morgan fingerprint density at radius 1 is 1.42 bits per heavy atom. The van der Waals surface area contributed by atoms with Gasteiger partial charge in [-0.3, -0.25) is 0 Å². The van der Waals surface area contributed by atoms with Gasteiger partial charge in [-0.25, -0.2) is 4.98 Å². The molecule has 3 aromatic rings. The van der Waals surface area contributed by atoms with Crippen LogP contribution in [0.1, 0.15) is 18.5 Å². The second kappa shape index (κ2) is 4.66. The molecule has 5 heteroatoms. The van der Waals surface area contributed by atoms with E-state index in [1.165, 1.54) is 5.56 Å². The predicted molar refractivity (Wildman–Crippen MR) is 78.8 cm³/mol. The summed E-state index contributed by atoms with van der Waals surface area (Å²) in [5.41, 5.74) is 3.51. The summed E-state index contributed by atoms with van der Waals surface area (Å²) < 4.78 is 5.02. The molecular weight excluding hydrogens is 256 g/mol. The van der Waals surface area contributed by atoms with E-state index in [2.05, 4.69) is 51.1 Å². The van der Waals surface area contributed by atoms with Gasteiger partial charge in [0.2, 0.25) is 0 Å². The van der Waals surface area contributed by atoms with Crippen molar-refractivity contribution in [1.82, 2.24) is 19.1 Å². The van der Waals surface area contributed by atoms with Crippen LogP contribution < -0.4 is 0 Å². The summed E-state index contributed by atoms with van der Waals surface area (Å²) in [6.07, 6.45) is 5.60. The summed E-state index contributed by atoms with van der Waals surface area (Å²) in [5.74, 6) is 0. The minimum Gasteiger partial charge on any atom is -0.335 e. The van der Waals surface area contributed by atoms with Crippen molar-refractivity contribution in [3.63, 3.8) is 0 Å². The topological polar surface area (TPSA) is 38.5 Å². The van der Waals surface area contributed by atoms with Gasteiger partial charge in [-0.05, 0) is 37.7 Å². The minimum atomic E-state index is 0.275. The Hall–Kier alpha value is -1.88. The number of aryl methyl sites for hydroxylation is 1. The normalized spacial score (nSPS) is 12.9. The number of imidazole rings is 2. The molecule has 98 valence electrons. The van der Waals surface area contributed by atoms with E-state index >= 15 is 0 Å². The van der Waals surface area contributed by atoms with Crippen molar-refractivity contribution in [2.45, 2.75) is 26.4 Å². The summed E-state index contributed by atoms with van der Waals surface area (Å²) in [4.78, 5) is 7.38. The molecule has 0 spiro atoms. The Morgan fingerprint density at radius 3 is 3.00 bits per heavy atom. The van der Waals surface area contributed by atoms with Crippen LogP contribution in [0.4, 0.5) is 0 Å². The van der Waals surface area contributed by atoms with E-state index in [1.807, 2.05) is 12.5 Å². The maximum atomic E-state index is 5.47. The summed E-state index contributed by atoms with van der Waals surface area (Å²) in [6.45, 7) is 5.12. The fraction of sp³-hybridized carbons (Fsp3) is 0.286. The van der Waals surface area contributed by atoms with Gasteiger partial charge in [0.1, 0.15) is 0 Å². The number of para-hydroxylation sites is 1. The fourth-order valence-electron chi connectivity index (χ4n) is 2.51. The Kier molecular flexibility index (Phi) is 2.98. The molecule has 1 aromatic carbocycles. The molecule has 0 aliphatic heterocycles. The van der Waals surface area contributed by atoms with Crippen LogP contribution >= 0.6 is 12.2 Å². The van der Waals surface area contributed by atoms with Crippen molar-refractivity contribution in [1.29, 1.82) is 0 Å². The van der Waals surface area contributed by atoms with Gasteiger partial charge >= 0.3 is 0 Å². The molecular formula is C14H16N4S. The number of aromatic amines is 1. The van der Waals surface area contributed by atoms with Crippen LogP contribution in [0.2, 0.25) is 0 Å². The molecule has 2 heterocycles. The number of rotatable bonds is 3. The highest BCUT2D eigenvalue weighted by molar-refractivity contribution is 7.71. The van der Waals surface area contributed by atoms with Crippen molar-refractivity contribution in [2.75, 3.05) is 0 Å². The van der Waals surface area contributed by atoms with E-state index in [4.69, 9.17) is 12.2 Å². The largest absolute Gasteiger partial charge is 0.335 e. The van der Waals surface area contributed by atoms with Gasteiger partial charge in [0, 0.05) is 18.9 Å². The number of H-pyrrole nitrogens is 1. The molecule has 0 amide bonds. The third kappa shape index (κ3) is 2.10. The summed E-state index contributed by atoms with van der Waals surface area (Å²) in [6, 6.07) is 6.55. The van der Waals surface area contributed by atoms with Gasteiger partial charge in [-0.2, -0.15) is 0 Å². The van der Waals surface area contributed by atoms with Crippen LogP contribution in [0, 0.1) is 11.7 Å². The molecule has 0 aliphatic rings. The smallest absolute Gasteiger partial charge is 0.178 e. The van der Waals surface area contributed by atoms with Crippen LogP contribution in [-0.2, 0) is 6.54 Å². The highest BCUT2D eigenvalue weighted by Crippen LogP contribution is 2.22. The first kappa shape index (κ1) is 12.2. The molecule has 2 aromatic heterocycles. The molecule has 1 unspecified atom stereocenters. The Balaban J connectivity index is 2.07. The first-order chi connectivity index (χ1) is 9.16. The average molecular weight is 272 g/mol. The maximum Gasteiger partial charge on any atom is 0.178 e. The van der Waals surface area contributed by atoms with Crippen LogP contribution in [0.3, 0.4) is 0 Å². The van der Waals surface area contributed by atoms with E-state index in [0.717, 1.165) is 22.3 Å². The van der Waals surface area contributed by atoms with Crippen LogP contribution in [0.25, 0.3) is 11.0 Å². The Morgan fingerprint density at radius 2 is 2.26 bits per heavy atom. The van der Waals surface area contributed by atoms with E-state index in [1.54, 1.807) is 6.20 Å². The quantitative estimate of drug-likeness (QED) is 0.741. The monoisotopic (exact) mass is 272 g/mol. The lowest BCUT2D eigenvalue weighted by molar-refractivity contribution is 0.470. The van der Waals surface area contributed by atoms with Crippen molar-refractivity contribution < 1.29 is 0 Å². The van der Waals surface area contributed by atoms with Crippen LogP contribution in [0.15, 0.2) is 36.9 Å². The van der Waals surface area contributed by atoms with Crippen molar-refractivity contribution in [2.24, 2.45) is 0 Å². The van der Waals surface area contributed by atoms with E-state index < -0.39 is 0 Å². The molecule has 19 heavy (non-hydrogen) atoms. The van der Waals surface area contributed by atoms with Gasteiger partial charge in [0.15, 0.2) is 4.77 Å². The fourth-order valence-corrected chi connectivity index (χ4v) is 2.89. The Bertz CT molecular complexity index is 751. The number of hydrogen-bond acceptors (Lipinski definition) is 2. The SMILES string of the molecule is Cc1cccc2c1[nH]c(=S)n2C(C)Cn1ccnc1. The lowest BCUT2D eigenvalue weighted by atomic mass is 10.2. The van der Waals surface area contributed by atoms with E-state index in [-0.39, 0.29) is 6.04 Å². The lowest BCUT2D eigenvalue weighted by Crippen LogP contribution is -2.12.